The Balaban J connectivity index is 4.72. The first-order valence-electron chi connectivity index (χ1n) is 5.53. The second-order valence-electron chi connectivity index (χ2n) is 3.58. The van der Waals surface area contributed by atoms with Gasteiger partial charge in [-0.2, -0.15) is 0 Å². The molecule has 0 rings (SSSR count). The molecule has 0 N–H and O–H groups in total. The summed E-state index contributed by atoms with van der Waals surface area (Å²) in [5.74, 6) is 1.68. The molecule has 0 aromatic rings. The summed E-state index contributed by atoms with van der Waals surface area (Å²) in [4.78, 5) is 24.5. The van der Waals surface area contributed by atoms with Gasteiger partial charge in [-0.1, -0.05) is 12.0 Å². The third kappa shape index (κ3) is 5.51. The molecule has 0 fully saturated rings. The van der Waals surface area contributed by atoms with Gasteiger partial charge in [0.05, 0.1) is 20.8 Å². The van der Waals surface area contributed by atoms with E-state index in [1.807, 2.05) is 0 Å². The molecule has 0 radical (unpaired) electrons. The summed E-state index contributed by atoms with van der Waals surface area (Å²) in [5, 5.41) is 0. The van der Waals surface area contributed by atoms with Crippen molar-refractivity contribution in [2.75, 3.05) is 27.3 Å². The minimum Gasteiger partial charge on any atom is -0.469 e. The number of hydrogen-bond donors (Lipinski definition) is 0. The zero-order chi connectivity index (χ0) is 14.0. The summed E-state index contributed by atoms with van der Waals surface area (Å²) in [6.07, 6.45) is 7.33. The molecule has 0 bridgehead atoms. The van der Waals surface area contributed by atoms with E-state index in [9.17, 15) is 9.59 Å². The lowest BCUT2D eigenvalue weighted by Gasteiger charge is -2.26. The van der Waals surface area contributed by atoms with Crippen LogP contribution >= 0.6 is 0 Å². The largest absolute Gasteiger partial charge is 0.469 e. The molecule has 5 nitrogen and oxygen atoms in total. The van der Waals surface area contributed by atoms with Gasteiger partial charge in [0, 0.05) is 13.0 Å². The van der Waals surface area contributed by atoms with Crippen molar-refractivity contribution in [1.82, 2.24) is 4.90 Å². The molecule has 0 aliphatic heterocycles. The van der Waals surface area contributed by atoms with E-state index in [0.717, 1.165) is 0 Å². The number of ether oxygens (including phenoxy) is 2. The van der Waals surface area contributed by atoms with Gasteiger partial charge in [0.2, 0.25) is 0 Å². The third-order valence-electron chi connectivity index (χ3n) is 2.42. The second-order valence-corrected chi connectivity index (χ2v) is 3.58. The molecule has 100 valence electrons. The molecule has 0 aromatic carbocycles. The molecule has 1 atom stereocenters. The summed E-state index contributed by atoms with van der Waals surface area (Å²) in [5.41, 5.74) is 0. The van der Waals surface area contributed by atoms with Gasteiger partial charge in [0.25, 0.3) is 0 Å². The third-order valence-corrected chi connectivity index (χ3v) is 2.42. The number of carbonyl (C=O) groups is 2. The molecule has 0 aromatic heterocycles. The van der Waals surface area contributed by atoms with Crippen LogP contribution in [-0.4, -0.2) is 50.2 Å². The number of hydrogen-bond acceptors (Lipinski definition) is 5. The highest BCUT2D eigenvalue weighted by Gasteiger charge is 2.26. The van der Waals surface area contributed by atoms with E-state index < -0.39 is 12.0 Å². The van der Waals surface area contributed by atoms with Crippen molar-refractivity contribution in [2.45, 2.75) is 18.9 Å². The van der Waals surface area contributed by atoms with E-state index in [1.54, 1.807) is 11.0 Å². The van der Waals surface area contributed by atoms with Crippen LogP contribution in [0.1, 0.15) is 12.8 Å². The number of terminal acetylenes is 1. The highest BCUT2D eigenvalue weighted by Crippen LogP contribution is 2.10. The van der Waals surface area contributed by atoms with Crippen molar-refractivity contribution in [3.63, 3.8) is 0 Å². The first-order valence-corrected chi connectivity index (χ1v) is 5.53. The van der Waals surface area contributed by atoms with Gasteiger partial charge >= 0.3 is 11.9 Å². The van der Waals surface area contributed by atoms with Crippen LogP contribution in [0.25, 0.3) is 0 Å². The molecule has 0 aliphatic rings. The summed E-state index contributed by atoms with van der Waals surface area (Å²) in [6.45, 7) is 4.34. The summed E-state index contributed by atoms with van der Waals surface area (Å²) in [6, 6.07) is -0.567. The van der Waals surface area contributed by atoms with Crippen LogP contribution in [-0.2, 0) is 19.1 Å². The van der Waals surface area contributed by atoms with Crippen molar-refractivity contribution in [1.29, 1.82) is 0 Å². The quantitative estimate of drug-likeness (QED) is 0.360. The molecule has 1 unspecified atom stereocenters. The predicted octanol–water partition coefficient (Wildman–Crippen LogP) is 0.602. The van der Waals surface area contributed by atoms with E-state index in [2.05, 4.69) is 17.2 Å². The minimum absolute atomic E-state index is 0.133. The first kappa shape index (κ1) is 16.2. The highest BCUT2D eigenvalue weighted by atomic mass is 16.5. The van der Waals surface area contributed by atoms with Crippen LogP contribution in [0, 0.1) is 12.3 Å². The van der Waals surface area contributed by atoms with Crippen molar-refractivity contribution in [3.8, 4) is 12.3 Å². The molecule has 18 heavy (non-hydrogen) atoms. The highest BCUT2D eigenvalue weighted by molar-refractivity contribution is 5.77. The molecule has 0 saturated heterocycles. The Morgan fingerprint density at radius 3 is 2.56 bits per heavy atom. The second kappa shape index (κ2) is 9.25. The maximum Gasteiger partial charge on any atom is 0.323 e. The van der Waals surface area contributed by atoms with Gasteiger partial charge in [0.1, 0.15) is 6.04 Å². The Morgan fingerprint density at radius 1 is 1.44 bits per heavy atom. The summed E-state index contributed by atoms with van der Waals surface area (Å²) in [7, 11) is 2.61. The number of rotatable bonds is 8. The Labute approximate surface area is 108 Å². The Morgan fingerprint density at radius 2 is 2.11 bits per heavy atom. The number of methoxy groups -OCH3 is 2. The first-order chi connectivity index (χ1) is 8.60. The SMILES string of the molecule is C#CCN(CC=C)C(CCC(=O)OC)C(=O)OC. The lowest BCUT2D eigenvalue weighted by Crippen LogP contribution is -2.42. The Bertz CT molecular complexity index is 332. The molecule has 0 saturated carbocycles. The monoisotopic (exact) mass is 253 g/mol. The van der Waals surface area contributed by atoms with Crippen LogP contribution in [0.5, 0.6) is 0 Å². The lowest BCUT2D eigenvalue weighted by atomic mass is 10.1. The fraction of sp³-hybridized carbons (Fsp3) is 0.538. The average Bonchev–Trinajstić information content (AvgIpc) is 2.38. The van der Waals surface area contributed by atoms with Crippen molar-refractivity contribution < 1.29 is 19.1 Å². The zero-order valence-corrected chi connectivity index (χ0v) is 10.8. The normalized spacial score (nSPS) is 11.4. The lowest BCUT2D eigenvalue weighted by molar-refractivity contribution is -0.147. The van der Waals surface area contributed by atoms with Crippen LogP contribution in [0.15, 0.2) is 12.7 Å². The fourth-order valence-electron chi connectivity index (χ4n) is 1.53. The molecule has 0 aliphatic carbocycles. The van der Waals surface area contributed by atoms with Crippen molar-refractivity contribution in [3.05, 3.63) is 12.7 Å². The van der Waals surface area contributed by atoms with E-state index in [-0.39, 0.29) is 18.9 Å². The van der Waals surface area contributed by atoms with Gasteiger partial charge in [0.15, 0.2) is 0 Å². The maximum atomic E-state index is 11.7. The number of nitrogens with zero attached hydrogens (tertiary/aromatic N) is 1. The van der Waals surface area contributed by atoms with E-state index in [4.69, 9.17) is 11.2 Å². The molecular weight excluding hydrogens is 234 g/mol. The Hall–Kier alpha value is -1.80. The maximum absolute atomic E-state index is 11.7. The topological polar surface area (TPSA) is 55.8 Å². The van der Waals surface area contributed by atoms with E-state index in [1.165, 1.54) is 14.2 Å². The fourth-order valence-corrected chi connectivity index (χ4v) is 1.53. The van der Waals surface area contributed by atoms with Crippen LogP contribution in [0.3, 0.4) is 0 Å². The predicted molar refractivity (Wildman–Crippen MR) is 67.7 cm³/mol. The zero-order valence-electron chi connectivity index (χ0n) is 10.8. The Kier molecular flexibility index (Phi) is 8.33. The number of esters is 2. The van der Waals surface area contributed by atoms with Gasteiger partial charge in [-0.25, -0.2) is 0 Å². The van der Waals surface area contributed by atoms with Gasteiger partial charge < -0.3 is 9.47 Å². The molecule has 0 amide bonds. The molecule has 0 spiro atoms. The van der Waals surface area contributed by atoms with E-state index in [0.29, 0.717) is 13.0 Å². The summed E-state index contributed by atoms with van der Waals surface area (Å²) < 4.78 is 9.26. The molecule has 5 heteroatoms. The summed E-state index contributed by atoms with van der Waals surface area (Å²) >= 11 is 0. The van der Waals surface area contributed by atoms with Crippen molar-refractivity contribution >= 4 is 11.9 Å². The molecule has 0 heterocycles. The van der Waals surface area contributed by atoms with Crippen molar-refractivity contribution in [2.24, 2.45) is 0 Å². The minimum atomic E-state index is -0.567. The standard InChI is InChI=1S/C13H19NO4/c1-5-9-14(10-6-2)11(13(16)18-4)7-8-12(15)17-3/h1,6,11H,2,7-10H2,3-4H3. The smallest absolute Gasteiger partial charge is 0.323 e. The average molecular weight is 253 g/mol. The van der Waals surface area contributed by atoms with E-state index >= 15 is 0 Å². The van der Waals surface area contributed by atoms with Crippen LogP contribution in [0.2, 0.25) is 0 Å². The molecular formula is C13H19NO4. The van der Waals surface area contributed by atoms with Gasteiger partial charge in [-0.05, 0) is 6.42 Å². The number of carbonyl (C=O) groups excluding carboxylic acids is 2. The van der Waals surface area contributed by atoms with Crippen LogP contribution in [0.4, 0.5) is 0 Å². The van der Waals surface area contributed by atoms with Crippen LogP contribution < -0.4 is 0 Å². The van der Waals surface area contributed by atoms with Gasteiger partial charge in [-0.3, -0.25) is 14.5 Å². The van der Waals surface area contributed by atoms with Gasteiger partial charge in [-0.15, -0.1) is 13.0 Å².